The first-order valence-corrected chi connectivity index (χ1v) is 6.78. The molecule has 98 valence electrons. The molecule has 0 saturated carbocycles. The van der Waals surface area contributed by atoms with Gasteiger partial charge in [-0.15, -0.1) is 15.3 Å². The monoisotopic (exact) mass is 323 g/mol. The maximum Gasteiger partial charge on any atom is 0.283 e. The van der Waals surface area contributed by atoms with Crippen molar-refractivity contribution in [3.63, 3.8) is 0 Å². The lowest BCUT2D eigenvalue weighted by Gasteiger charge is -1.93. The summed E-state index contributed by atoms with van der Waals surface area (Å²) in [6, 6.07) is 3.53. The Morgan fingerprint density at radius 3 is 3.00 bits per heavy atom. The molecule has 3 rings (SSSR count). The van der Waals surface area contributed by atoms with E-state index in [1.54, 1.807) is 23.1 Å². The lowest BCUT2D eigenvalue weighted by Crippen LogP contribution is -2.00. The summed E-state index contributed by atoms with van der Waals surface area (Å²) in [5.41, 5.74) is 0.919. The van der Waals surface area contributed by atoms with E-state index in [1.807, 2.05) is 6.20 Å². The van der Waals surface area contributed by atoms with Gasteiger partial charge in [0.2, 0.25) is 5.89 Å². The van der Waals surface area contributed by atoms with Crippen molar-refractivity contribution < 1.29 is 8.83 Å². The molecule has 0 atom stereocenters. The van der Waals surface area contributed by atoms with E-state index in [9.17, 15) is 0 Å². The van der Waals surface area contributed by atoms with Gasteiger partial charge in [-0.1, -0.05) is 21.1 Å². The van der Waals surface area contributed by atoms with Crippen molar-refractivity contribution in [1.29, 1.82) is 0 Å². The van der Waals surface area contributed by atoms with Gasteiger partial charge in [0, 0.05) is 17.9 Å². The fourth-order valence-electron chi connectivity index (χ4n) is 1.58. The highest BCUT2D eigenvalue weighted by molar-refractivity contribution is 9.09. The molecule has 0 N–H and O–H groups in total. The van der Waals surface area contributed by atoms with Gasteiger partial charge in [0.15, 0.2) is 5.76 Å². The summed E-state index contributed by atoms with van der Waals surface area (Å²) in [6.07, 6.45) is 4.25. The number of rotatable bonds is 5. The number of hydrogen-bond donors (Lipinski definition) is 0. The molecule has 7 nitrogen and oxygen atoms in total. The summed E-state index contributed by atoms with van der Waals surface area (Å²) in [5, 5.41) is 16.8. The summed E-state index contributed by atoms with van der Waals surface area (Å²) in [6.45, 7) is 0.392. The molecule has 0 amide bonds. The third-order valence-electron chi connectivity index (χ3n) is 2.43. The lowest BCUT2D eigenvalue weighted by atomic mass is 10.4. The van der Waals surface area contributed by atoms with E-state index < -0.39 is 0 Å². The Labute approximate surface area is 116 Å². The molecule has 0 spiro atoms. The van der Waals surface area contributed by atoms with E-state index >= 15 is 0 Å². The number of alkyl halides is 1. The molecule has 0 bridgehead atoms. The Kier molecular flexibility index (Phi) is 3.41. The van der Waals surface area contributed by atoms with Gasteiger partial charge in [-0.2, -0.15) is 0 Å². The van der Waals surface area contributed by atoms with Gasteiger partial charge >= 0.3 is 0 Å². The van der Waals surface area contributed by atoms with Crippen molar-refractivity contribution in [2.45, 2.75) is 13.0 Å². The van der Waals surface area contributed by atoms with Crippen LogP contribution in [0.1, 0.15) is 11.6 Å². The van der Waals surface area contributed by atoms with Crippen LogP contribution in [-0.4, -0.2) is 30.5 Å². The van der Waals surface area contributed by atoms with Gasteiger partial charge in [0.25, 0.3) is 5.89 Å². The van der Waals surface area contributed by atoms with E-state index in [0.29, 0.717) is 24.1 Å². The van der Waals surface area contributed by atoms with E-state index in [-0.39, 0.29) is 0 Å². The third-order valence-corrected chi connectivity index (χ3v) is 2.83. The van der Waals surface area contributed by atoms with E-state index in [2.05, 4.69) is 36.4 Å². The smallest absolute Gasteiger partial charge is 0.283 e. The van der Waals surface area contributed by atoms with E-state index in [1.165, 1.54) is 0 Å². The third kappa shape index (κ3) is 2.73. The van der Waals surface area contributed by atoms with Gasteiger partial charge in [-0.3, -0.25) is 0 Å². The number of aryl methyl sites for hydroxylation is 1. The molecular weight excluding hydrogens is 314 g/mol. The molecule has 0 aromatic carbocycles. The Morgan fingerprint density at radius 2 is 2.21 bits per heavy atom. The van der Waals surface area contributed by atoms with Gasteiger partial charge in [0.05, 0.1) is 12.0 Å². The minimum atomic E-state index is 0.362. The maximum absolute atomic E-state index is 5.49. The van der Waals surface area contributed by atoms with Crippen LogP contribution in [0, 0.1) is 0 Å². The SMILES string of the molecule is BrCCc1cn(Cc2nnc(-c3ccco3)o2)nn1. The molecule has 0 aliphatic carbocycles. The number of halogens is 1. The van der Waals surface area contributed by atoms with Gasteiger partial charge in [-0.25, -0.2) is 4.68 Å². The first-order chi connectivity index (χ1) is 9.35. The highest BCUT2D eigenvalue weighted by Crippen LogP contribution is 2.18. The average molecular weight is 324 g/mol. The Morgan fingerprint density at radius 1 is 1.26 bits per heavy atom. The highest BCUT2D eigenvalue weighted by Gasteiger charge is 2.11. The molecule has 0 radical (unpaired) electrons. The molecule has 0 saturated heterocycles. The number of furan rings is 1. The summed E-state index contributed by atoms with van der Waals surface area (Å²) < 4.78 is 12.3. The number of hydrogen-bond acceptors (Lipinski definition) is 6. The summed E-state index contributed by atoms with van der Waals surface area (Å²) in [4.78, 5) is 0. The number of nitrogens with zero attached hydrogens (tertiary/aromatic N) is 5. The fraction of sp³-hybridized carbons (Fsp3) is 0.273. The van der Waals surface area contributed by atoms with Crippen LogP contribution < -0.4 is 0 Å². The van der Waals surface area contributed by atoms with Gasteiger partial charge < -0.3 is 8.83 Å². The van der Waals surface area contributed by atoms with Crippen molar-refractivity contribution in [3.05, 3.63) is 36.2 Å². The molecule has 3 heterocycles. The lowest BCUT2D eigenvalue weighted by molar-refractivity contribution is 0.454. The predicted octanol–water partition coefficient (Wildman–Crippen LogP) is 1.91. The van der Waals surface area contributed by atoms with Crippen LogP contribution in [0.2, 0.25) is 0 Å². The fourth-order valence-corrected chi connectivity index (χ4v) is 1.99. The zero-order valence-corrected chi connectivity index (χ0v) is 11.4. The Bertz CT molecular complexity index is 646. The van der Waals surface area contributed by atoms with Crippen molar-refractivity contribution in [3.8, 4) is 11.7 Å². The Balaban J connectivity index is 1.72. The summed E-state index contributed by atoms with van der Waals surface area (Å²) in [7, 11) is 0. The van der Waals surface area contributed by atoms with Crippen LogP contribution in [0.25, 0.3) is 11.7 Å². The van der Waals surface area contributed by atoms with Crippen LogP contribution in [0.5, 0.6) is 0 Å². The van der Waals surface area contributed by atoms with Crippen LogP contribution in [0.4, 0.5) is 0 Å². The second-order valence-corrected chi connectivity index (χ2v) is 4.62. The minimum Gasteiger partial charge on any atom is -0.459 e. The van der Waals surface area contributed by atoms with Crippen molar-refractivity contribution >= 4 is 15.9 Å². The second kappa shape index (κ2) is 5.35. The molecule has 0 aliphatic rings. The molecule has 0 fully saturated rings. The second-order valence-electron chi connectivity index (χ2n) is 3.82. The van der Waals surface area contributed by atoms with Crippen molar-refractivity contribution in [2.75, 3.05) is 5.33 Å². The topological polar surface area (TPSA) is 82.8 Å². The first-order valence-electron chi connectivity index (χ1n) is 5.66. The standard InChI is InChI=1S/C11H10BrN5O2/c12-4-3-8-6-17(16-13-8)7-10-14-15-11(19-10)9-2-1-5-18-9/h1-2,5-6H,3-4,7H2. The van der Waals surface area contributed by atoms with Crippen molar-refractivity contribution in [1.82, 2.24) is 25.2 Å². The molecule has 0 unspecified atom stereocenters. The predicted molar refractivity (Wildman–Crippen MR) is 68.6 cm³/mol. The summed E-state index contributed by atoms with van der Waals surface area (Å²) in [5.74, 6) is 1.37. The van der Waals surface area contributed by atoms with E-state index in [4.69, 9.17) is 8.83 Å². The molecule has 3 aromatic heterocycles. The quantitative estimate of drug-likeness (QED) is 0.667. The molecular formula is C11H10BrN5O2. The number of aromatic nitrogens is 5. The zero-order valence-electron chi connectivity index (χ0n) is 9.86. The highest BCUT2D eigenvalue weighted by atomic mass is 79.9. The normalized spacial score (nSPS) is 11.0. The molecule has 8 heteroatoms. The van der Waals surface area contributed by atoms with Crippen LogP contribution in [0.3, 0.4) is 0 Å². The Hall–Kier alpha value is -1.96. The van der Waals surface area contributed by atoms with Crippen LogP contribution >= 0.6 is 15.9 Å². The molecule has 3 aromatic rings. The first kappa shape index (κ1) is 12.1. The van der Waals surface area contributed by atoms with Crippen LogP contribution in [0.15, 0.2) is 33.4 Å². The molecule has 0 aliphatic heterocycles. The van der Waals surface area contributed by atoms with Gasteiger partial charge in [0.1, 0.15) is 6.54 Å². The largest absolute Gasteiger partial charge is 0.459 e. The summed E-state index contributed by atoms with van der Waals surface area (Å²) >= 11 is 3.36. The van der Waals surface area contributed by atoms with Crippen LogP contribution in [-0.2, 0) is 13.0 Å². The maximum atomic E-state index is 5.49. The van der Waals surface area contributed by atoms with Gasteiger partial charge in [-0.05, 0) is 12.1 Å². The van der Waals surface area contributed by atoms with E-state index in [0.717, 1.165) is 17.4 Å². The minimum absolute atomic E-state index is 0.362. The zero-order chi connectivity index (χ0) is 13.1. The van der Waals surface area contributed by atoms with Crippen molar-refractivity contribution in [2.24, 2.45) is 0 Å². The molecule has 19 heavy (non-hydrogen) atoms. The average Bonchev–Trinajstić information content (AvgIpc) is 3.10.